The minimum Gasteiger partial charge on any atom is -0.450 e. The van der Waals surface area contributed by atoms with E-state index in [9.17, 15) is 4.79 Å². The molecule has 0 spiro atoms. The zero-order valence-electron chi connectivity index (χ0n) is 12.6. The Bertz CT molecular complexity index is 622. The van der Waals surface area contributed by atoms with Gasteiger partial charge in [-0.1, -0.05) is 6.92 Å². The van der Waals surface area contributed by atoms with Gasteiger partial charge in [-0.25, -0.2) is 14.8 Å². The minimum atomic E-state index is -0.486. The monoisotopic (exact) mass is 288 g/mol. The van der Waals surface area contributed by atoms with Gasteiger partial charge in [0.2, 0.25) is 0 Å². The van der Waals surface area contributed by atoms with Gasteiger partial charge in [0.1, 0.15) is 5.82 Å². The van der Waals surface area contributed by atoms with Crippen molar-refractivity contribution < 1.29 is 9.53 Å². The molecule has 2 aromatic rings. The number of imidazole rings is 1. The number of nitrogens with zero attached hydrogens (tertiary/aromatic N) is 3. The van der Waals surface area contributed by atoms with Crippen LogP contribution in [0.5, 0.6) is 0 Å². The fraction of sp³-hybridized carbons (Fsp3) is 0.400. The number of hydrogen-bond donors (Lipinski definition) is 1. The SMILES string of the molecule is CCCc1nc(C)cn1-c1ncccc1NC(=O)OCC. The first-order chi connectivity index (χ1) is 10.2. The zero-order chi connectivity index (χ0) is 15.2. The van der Waals surface area contributed by atoms with Gasteiger partial charge in [-0.3, -0.25) is 9.88 Å². The Morgan fingerprint density at radius 2 is 2.24 bits per heavy atom. The van der Waals surface area contributed by atoms with E-state index in [2.05, 4.69) is 22.2 Å². The first-order valence-corrected chi connectivity index (χ1v) is 7.09. The maximum Gasteiger partial charge on any atom is 0.411 e. The van der Waals surface area contributed by atoms with Crippen molar-refractivity contribution in [3.63, 3.8) is 0 Å². The van der Waals surface area contributed by atoms with E-state index in [1.54, 1.807) is 25.3 Å². The summed E-state index contributed by atoms with van der Waals surface area (Å²) in [7, 11) is 0. The highest BCUT2D eigenvalue weighted by Crippen LogP contribution is 2.20. The maximum absolute atomic E-state index is 11.6. The van der Waals surface area contributed by atoms with Gasteiger partial charge in [-0.15, -0.1) is 0 Å². The molecule has 2 aromatic heterocycles. The van der Waals surface area contributed by atoms with Crippen molar-refractivity contribution in [3.8, 4) is 5.82 Å². The van der Waals surface area contributed by atoms with E-state index in [-0.39, 0.29) is 0 Å². The second-order valence-corrected chi connectivity index (χ2v) is 4.64. The molecule has 112 valence electrons. The van der Waals surface area contributed by atoms with Crippen molar-refractivity contribution in [1.29, 1.82) is 0 Å². The molecule has 0 aliphatic heterocycles. The van der Waals surface area contributed by atoms with Gasteiger partial charge in [0.05, 0.1) is 18.0 Å². The Kier molecular flexibility index (Phi) is 4.92. The zero-order valence-corrected chi connectivity index (χ0v) is 12.6. The van der Waals surface area contributed by atoms with Crippen LogP contribution in [0.2, 0.25) is 0 Å². The summed E-state index contributed by atoms with van der Waals surface area (Å²) in [5.74, 6) is 1.58. The molecule has 2 rings (SSSR count). The highest BCUT2D eigenvalue weighted by atomic mass is 16.5. The van der Waals surface area contributed by atoms with Crippen LogP contribution in [-0.2, 0) is 11.2 Å². The number of pyridine rings is 1. The lowest BCUT2D eigenvalue weighted by Crippen LogP contribution is -2.16. The number of hydrogen-bond acceptors (Lipinski definition) is 4. The van der Waals surface area contributed by atoms with Crippen LogP contribution in [0.3, 0.4) is 0 Å². The third-order valence-corrected chi connectivity index (χ3v) is 2.90. The van der Waals surface area contributed by atoms with Crippen molar-refractivity contribution in [2.24, 2.45) is 0 Å². The molecule has 6 heteroatoms. The Morgan fingerprint density at radius 1 is 1.43 bits per heavy atom. The first-order valence-electron chi connectivity index (χ1n) is 7.09. The van der Waals surface area contributed by atoms with Crippen LogP contribution < -0.4 is 5.32 Å². The van der Waals surface area contributed by atoms with Crippen LogP contribution in [0.15, 0.2) is 24.5 Å². The third kappa shape index (κ3) is 3.59. The summed E-state index contributed by atoms with van der Waals surface area (Å²) in [5.41, 5.74) is 1.52. The van der Waals surface area contributed by atoms with Gasteiger partial charge in [0, 0.05) is 18.8 Å². The number of ether oxygens (including phenoxy) is 1. The lowest BCUT2D eigenvalue weighted by Gasteiger charge is -2.12. The Hall–Kier alpha value is -2.37. The van der Waals surface area contributed by atoms with Gasteiger partial charge >= 0.3 is 6.09 Å². The van der Waals surface area contributed by atoms with E-state index in [1.807, 2.05) is 17.7 Å². The van der Waals surface area contributed by atoms with Crippen LogP contribution in [0.25, 0.3) is 5.82 Å². The normalized spacial score (nSPS) is 10.4. The van der Waals surface area contributed by atoms with Crippen LogP contribution in [-0.4, -0.2) is 27.2 Å². The van der Waals surface area contributed by atoms with Gasteiger partial charge < -0.3 is 4.74 Å². The molecule has 0 saturated heterocycles. The molecule has 0 bridgehead atoms. The summed E-state index contributed by atoms with van der Waals surface area (Å²) >= 11 is 0. The molecular formula is C15H20N4O2. The predicted molar refractivity (Wildman–Crippen MR) is 80.7 cm³/mol. The lowest BCUT2D eigenvalue weighted by molar-refractivity contribution is 0.168. The number of carbonyl (C=O) groups excluding carboxylic acids is 1. The second kappa shape index (κ2) is 6.88. The summed E-state index contributed by atoms with van der Waals surface area (Å²) in [6, 6.07) is 3.57. The average Bonchev–Trinajstić information content (AvgIpc) is 2.81. The number of nitrogens with one attached hydrogen (secondary N) is 1. The van der Waals surface area contributed by atoms with Gasteiger partial charge in [0.25, 0.3) is 0 Å². The highest BCUT2D eigenvalue weighted by molar-refractivity contribution is 5.86. The molecule has 1 amide bonds. The number of anilines is 1. The second-order valence-electron chi connectivity index (χ2n) is 4.64. The number of rotatable bonds is 5. The quantitative estimate of drug-likeness (QED) is 0.918. The fourth-order valence-electron chi connectivity index (χ4n) is 2.09. The van der Waals surface area contributed by atoms with Crippen molar-refractivity contribution in [2.75, 3.05) is 11.9 Å². The summed E-state index contributed by atoms with van der Waals surface area (Å²) < 4.78 is 6.83. The standard InChI is InChI=1S/C15H20N4O2/c1-4-7-13-17-11(3)10-19(13)14-12(8-6-9-16-14)18-15(20)21-5-2/h6,8-10H,4-5,7H2,1-3H3,(H,18,20). The molecule has 0 saturated carbocycles. The fourth-order valence-corrected chi connectivity index (χ4v) is 2.09. The smallest absolute Gasteiger partial charge is 0.411 e. The predicted octanol–water partition coefficient (Wildman–Crippen LogP) is 3.10. The van der Waals surface area contributed by atoms with Crippen molar-refractivity contribution in [2.45, 2.75) is 33.6 Å². The van der Waals surface area contributed by atoms with E-state index in [0.717, 1.165) is 24.4 Å². The average molecular weight is 288 g/mol. The molecule has 0 aromatic carbocycles. The van der Waals surface area contributed by atoms with Gasteiger partial charge in [0.15, 0.2) is 5.82 Å². The molecule has 0 atom stereocenters. The van der Waals surface area contributed by atoms with E-state index in [1.165, 1.54) is 0 Å². The molecule has 0 radical (unpaired) electrons. The molecule has 1 N–H and O–H groups in total. The van der Waals surface area contributed by atoms with Gasteiger partial charge in [-0.2, -0.15) is 0 Å². The molecule has 0 fully saturated rings. The topological polar surface area (TPSA) is 69.0 Å². The van der Waals surface area contributed by atoms with E-state index >= 15 is 0 Å². The summed E-state index contributed by atoms with van der Waals surface area (Å²) in [6.45, 7) is 6.14. The third-order valence-electron chi connectivity index (χ3n) is 2.90. The van der Waals surface area contributed by atoms with Gasteiger partial charge in [-0.05, 0) is 32.4 Å². The highest BCUT2D eigenvalue weighted by Gasteiger charge is 2.13. The molecule has 0 unspecified atom stereocenters. The lowest BCUT2D eigenvalue weighted by atomic mass is 10.3. The largest absolute Gasteiger partial charge is 0.450 e. The molecule has 0 aliphatic rings. The van der Waals surface area contributed by atoms with E-state index < -0.39 is 6.09 Å². The number of carbonyl (C=O) groups is 1. The van der Waals surface area contributed by atoms with Crippen LogP contribution in [0.4, 0.5) is 10.5 Å². The first kappa shape index (κ1) is 15.0. The number of aromatic nitrogens is 3. The summed E-state index contributed by atoms with van der Waals surface area (Å²) in [5, 5.41) is 2.72. The molecular weight excluding hydrogens is 268 g/mol. The van der Waals surface area contributed by atoms with Crippen molar-refractivity contribution in [1.82, 2.24) is 14.5 Å². The van der Waals surface area contributed by atoms with Crippen molar-refractivity contribution in [3.05, 3.63) is 36.0 Å². The van der Waals surface area contributed by atoms with E-state index in [4.69, 9.17) is 4.74 Å². The minimum absolute atomic E-state index is 0.326. The molecule has 2 heterocycles. The summed E-state index contributed by atoms with van der Waals surface area (Å²) in [4.78, 5) is 20.5. The summed E-state index contributed by atoms with van der Waals surface area (Å²) in [6.07, 6.45) is 4.97. The number of amides is 1. The molecule has 0 aliphatic carbocycles. The Morgan fingerprint density at radius 3 is 2.95 bits per heavy atom. The van der Waals surface area contributed by atoms with Crippen LogP contribution in [0.1, 0.15) is 31.8 Å². The van der Waals surface area contributed by atoms with E-state index in [0.29, 0.717) is 18.1 Å². The van der Waals surface area contributed by atoms with Crippen LogP contribution in [0, 0.1) is 6.92 Å². The maximum atomic E-state index is 11.6. The Labute approximate surface area is 124 Å². The number of aryl methyl sites for hydroxylation is 2. The Balaban J connectivity index is 2.37. The van der Waals surface area contributed by atoms with Crippen molar-refractivity contribution >= 4 is 11.8 Å². The molecule has 21 heavy (non-hydrogen) atoms. The molecule has 6 nitrogen and oxygen atoms in total. The van der Waals surface area contributed by atoms with Crippen LogP contribution >= 0.6 is 0 Å².